The molecule has 18 heavy (non-hydrogen) atoms. The number of amidine groups is 1. The molecule has 0 saturated carbocycles. The number of aryl methyl sites for hydroxylation is 1. The molecule has 0 fully saturated rings. The Kier molecular flexibility index (Phi) is 5.28. The van der Waals surface area contributed by atoms with Crippen LogP contribution < -0.4 is 15.0 Å². The van der Waals surface area contributed by atoms with E-state index in [9.17, 15) is 0 Å². The molecule has 0 atom stereocenters. The van der Waals surface area contributed by atoms with Crippen LogP contribution in [0, 0.1) is 6.92 Å². The van der Waals surface area contributed by atoms with E-state index >= 15 is 0 Å². The van der Waals surface area contributed by atoms with Gasteiger partial charge in [-0.1, -0.05) is 0 Å². The van der Waals surface area contributed by atoms with Crippen molar-refractivity contribution in [3.63, 3.8) is 0 Å². The number of rotatable bonds is 4. The number of ether oxygens (including phenoxy) is 1. The lowest BCUT2D eigenvalue weighted by Crippen LogP contribution is -2.24. The Labute approximate surface area is 114 Å². The Morgan fingerprint density at radius 1 is 1.39 bits per heavy atom. The molecule has 1 aromatic rings. The number of anilines is 1. The Morgan fingerprint density at radius 2 is 2.17 bits per heavy atom. The van der Waals surface area contributed by atoms with Crippen molar-refractivity contribution in [1.82, 2.24) is 5.32 Å². The molecule has 0 spiro atoms. The lowest BCUT2D eigenvalue weighted by molar-refractivity contribution is 0.373. The maximum absolute atomic E-state index is 5.69. The van der Waals surface area contributed by atoms with Crippen LogP contribution in [-0.2, 0) is 0 Å². The Hall–Kier alpha value is -1.42. The molecule has 0 unspecified atom stereocenters. The summed E-state index contributed by atoms with van der Waals surface area (Å²) < 4.78 is 5.69. The van der Waals surface area contributed by atoms with E-state index in [0.717, 1.165) is 24.7 Å². The minimum atomic E-state index is 0. The summed E-state index contributed by atoms with van der Waals surface area (Å²) in [6.07, 6.45) is 0. The second-order valence-corrected chi connectivity index (χ2v) is 4.39. The SMILES string of the molecule is Cc1cc(OCC2=NCCN2)ccc1N(C)C.Cl. The average molecular weight is 270 g/mol. The Balaban J connectivity index is 0.00000162. The second-order valence-electron chi connectivity index (χ2n) is 4.39. The third kappa shape index (κ3) is 3.53. The number of aliphatic imine (C=N–C) groups is 1. The lowest BCUT2D eigenvalue weighted by Gasteiger charge is -2.16. The summed E-state index contributed by atoms with van der Waals surface area (Å²) in [5, 5.41) is 3.19. The number of hydrogen-bond donors (Lipinski definition) is 1. The number of benzene rings is 1. The maximum atomic E-state index is 5.69. The highest BCUT2D eigenvalue weighted by Crippen LogP contribution is 2.23. The van der Waals surface area contributed by atoms with Gasteiger partial charge in [-0.15, -0.1) is 12.4 Å². The predicted octanol–water partition coefficient (Wildman–Crippen LogP) is 1.86. The zero-order valence-corrected chi connectivity index (χ0v) is 11.9. The van der Waals surface area contributed by atoms with Crippen molar-refractivity contribution in [3.8, 4) is 5.75 Å². The maximum Gasteiger partial charge on any atom is 0.145 e. The van der Waals surface area contributed by atoms with Gasteiger partial charge < -0.3 is 15.0 Å². The van der Waals surface area contributed by atoms with Gasteiger partial charge in [0.2, 0.25) is 0 Å². The fourth-order valence-corrected chi connectivity index (χ4v) is 1.91. The molecule has 1 heterocycles. The summed E-state index contributed by atoms with van der Waals surface area (Å²) in [5.41, 5.74) is 2.43. The molecule has 0 aromatic heterocycles. The van der Waals surface area contributed by atoms with E-state index < -0.39 is 0 Å². The monoisotopic (exact) mass is 269 g/mol. The molecule has 5 heteroatoms. The van der Waals surface area contributed by atoms with E-state index in [-0.39, 0.29) is 12.4 Å². The van der Waals surface area contributed by atoms with Gasteiger partial charge in [0.05, 0.1) is 6.54 Å². The first-order chi connectivity index (χ1) is 8.16. The van der Waals surface area contributed by atoms with Gasteiger partial charge in [-0.3, -0.25) is 4.99 Å². The lowest BCUT2D eigenvalue weighted by atomic mass is 10.2. The topological polar surface area (TPSA) is 36.9 Å². The van der Waals surface area contributed by atoms with Crippen molar-refractivity contribution in [3.05, 3.63) is 23.8 Å². The summed E-state index contributed by atoms with van der Waals surface area (Å²) >= 11 is 0. The van der Waals surface area contributed by atoms with Gasteiger partial charge >= 0.3 is 0 Å². The van der Waals surface area contributed by atoms with Crippen LogP contribution >= 0.6 is 12.4 Å². The summed E-state index contributed by atoms with van der Waals surface area (Å²) in [6.45, 7) is 4.41. The second kappa shape index (κ2) is 6.50. The van der Waals surface area contributed by atoms with Crippen LogP contribution in [0.2, 0.25) is 0 Å². The van der Waals surface area contributed by atoms with Gasteiger partial charge in [-0.05, 0) is 30.7 Å². The molecule has 4 nitrogen and oxygen atoms in total. The Morgan fingerprint density at radius 3 is 2.72 bits per heavy atom. The van der Waals surface area contributed by atoms with Crippen LogP contribution in [-0.4, -0.2) is 39.6 Å². The fourth-order valence-electron chi connectivity index (χ4n) is 1.91. The molecule has 0 bridgehead atoms. The summed E-state index contributed by atoms with van der Waals surface area (Å²) in [6, 6.07) is 6.14. The highest BCUT2D eigenvalue weighted by Gasteiger charge is 2.07. The van der Waals surface area contributed by atoms with Gasteiger partial charge in [0.25, 0.3) is 0 Å². The minimum absolute atomic E-state index is 0. The normalized spacial score (nSPS) is 13.4. The van der Waals surface area contributed by atoms with E-state index in [0.29, 0.717) is 6.61 Å². The van der Waals surface area contributed by atoms with Gasteiger partial charge in [0.1, 0.15) is 18.2 Å². The van der Waals surface area contributed by atoms with Gasteiger partial charge in [0, 0.05) is 26.3 Å². The average Bonchev–Trinajstić information content (AvgIpc) is 2.78. The molecule has 1 aliphatic rings. The molecule has 0 aliphatic carbocycles. The van der Waals surface area contributed by atoms with Crippen LogP contribution in [0.15, 0.2) is 23.2 Å². The molecule has 1 aliphatic heterocycles. The molecule has 0 radical (unpaired) electrons. The number of nitrogens with one attached hydrogen (secondary N) is 1. The summed E-state index contributed by atoms with van der Waals surface area (Å²) in [4.78, 5) is 6.39. The van der Waals surface area contributed by atoms with Crippen molar-refractivity contribution >= 4 is 23.9 Å². The quantitative estimate of drug-likeness (QED) is 0.907. The first kappa shape index (κ1) is 14.6. The van der Waals surface area contributed by atoms with Crippen LogP contribution in [0.25, 0.3) is 0 Å². The van der Waals surface area contributed by atoms with Gasteiger partial charge in [-0.2, -0.15) is 0 Å². The van der Waals surface area contributed by atoms with E-state index in [2.05, 4.69) is 34.3 Å². The first-order valence-electron chi connectivity index (χ1n) is 5.85. The van der Waals surface area contributed by atoms with Crippen molar-refractivity contribution in [2.24, 2.45) is 4.99 Å². The minimum Gasteiger partial charge on any atom is -0.486 e. The molecule has 100 valence electrons. The number of halogens is 1. The highest BCUT2D eigenvalue weighted by atomic mass is 35.5. The third-order valence-electron chi connectivity index (χ3n) is 2.77. The molecule has 0 amide bonds. The third-order valence-corrected chi connectivity index (χ3v) is 2.77. The van der Waals surface area contributed by atoms with Gasteiger partial charge in [-0.25, -0.2) is 0 Å². The van der Waals surface area contributed by atoms with E-state index in [1.54, 1.807) is 0 Å². The Bertz CT molecular complexity index is 432. The molecular weight excluding hydrogens is 250 g/mol. The fraction of sp³-hybridized carbons (Fsp3) is 0.462. The smallest absolute Gasteiger partial charge is 0.145 e. The molecular formula is C13H20ClN3O. The summed E-state index contributed by atoms with van der Waals surface area (Å²) in [7, 11) is 4.08. The van der Waals surface area contributed by atoms with Crippen LogP contribution in [0.1, 0.15) is 5.56 Å². The van der Waals surface area contributed by atoms with Crippen LogP contribution in [0.3, 0.4) is 0 Å². The van der Waals surface area contributed by atoms with Crippen molar-refractivity contribution in [2.45, 2.75) is 6.92 Å². The molecule has 1 aromatic carbocycles. The van der Waals surface area contributed by atoms with Crippen molar-refractivity contribution in [2.75, 3.05) is 38.7 Å². The van der Waals surface area contributed by atoms with E-state index in [1.807, 2.05) is 20.2 Å². The number of hydrogen-bond acceptors (Lipinski definition) is 4. The van der Waals surface area contributed by atoms with Crippen LogP contribution in [0.5, 0.6) is 5.75 Å². The van der Waals surface area contributed by atoms with E-state index in [4.69, 9.17) is 4.74 Å². The van der Waals surface area contributed by atoms with Crippen molar-refractivity contribution < 1.29 is 4.74 Å². The van der Waals surface area contributed by atoms with E-state index in [1.165, 1.54) is 11.3 Å². The highest BCUT2D eigenvalue weighted by molar-refractivity contribution is 5.85. The molecule has 0 saturated heterocycles. The van der Waals surface area contributed by atoms with Gasteiger partial charge in [0.15, 0.2) is 0 Å². The zero-order chi connectivity index (χ0) is 12.3. The zero-order valence-electron chi connectivity index (χ0n) is 11.1. The summed E-state index contributed by atoms with van der Waals surface area (Å²) in [5.74, 6) is 1.84. The first-order valence-corrected chi connectivity index (χ1v) is 5.85. The van der Waals surface area contributed by atoms with Crippen molar-refractivity contribution in [1.29, 1.82) is 0 Å². The standard InChI is InChI=1S/C13H19N3O.ClH/c1-10-8-11(4-5-12(10)16(2)3)17-9-13-14-6-7-15-13;/h4-5,8H,6-7,9H2,1-3H3,(H,14,15);1H. The largest absolute Gasteiger partial charge is 0.486 e. The molecule has 1 N–H and O–H groups in total. The van der Waals surface area contributed by atoms with Crippen LogP contribution in [0.4, 0.5) is 5.69 Å². The predicted molar refractivity (Wildman–Crippen MR) is 78.6 cm³/mol. The number of nitrogens with zero attached hydrogens (tertiary/aromatic N) is 2. The molecule has 2 rings (SSSR count).